The van der Waals surface area contributed by atoms with Crippen LogP contribution in [0.15, 0.2) is 78.4 Å². The summed E-state index contributed by atoms with van der Waals surface area (Å²) in [6.45, 7) is 2.09. The first kappa shape index (κ1) is 24.0. The second-order valence-corrected chi connectivity index (χ2v) is 6.96. The van der Waals surface area contributed by atoms with Crippen LogP contribution in [-0.2, 0) is 9.59 Å². The number of hydrogen-bond donors (Lipinski definition) is 2. The van der Waals surface area contributed by atoms with E-state index in [2.05, 4.69) is 10.6 Å². The number of hydrogen-bond acceptors (Lipinski definition) is 5. The minimum absolute atomic E-state index is 0.138. The molecule has 0 aliphatic heterocycles. The molecule has 0 heterocycles. The Morgan fingerprint density at radius 1 is 0.941 bits per heavy atom. The predicted molar refractivity (Wildman–Crippen MR) is 127 cm³/mol. The molecule has 0 aliphatic rings. The summed E-state index contributed by atoms with van der Waals surface area (Å²) in [6.07, 6.45) is 1.39. The van der Waals surface area contributed by atoms with Gasteiger partial charge in [0.25, 0.3) is 11.8 Å². The molecule has 3 rings (SSSR count). The van der Waals surface area contributed by atoms with E-state index >= 15 is 0 Å². The van der Waals surface area contributed by atoms with Crippen molar-refractivity contribution >= 4 is 29.3 Å². The minimum atomic E-state index is -0.587. The van der Waals surface area contributed by atoms with Gasteiger partial charge in [-0.2, -0.15) is 5.26 Å². The normalized spacial score (nSPS) is 10.7. The second-order valence-electron chi connectivity index (χ2n) is 6.96. The number of halogens is 1. The van der Waals surface area contributed by atoms with Crippen LogP contribution in [0.3, 0.4) is 0 Å². The van der Waals surface area contributed by atoms with Crippen molar-refractivity contribution in [2.24, 2.45) is 0 Å². The van der Waals surface area contributed by atoms with E-state index in [0.717, 1.165) is 0 Å². The highest BCUT2D eigenvalue weighted by Crippen LogP contribution is 2.22. The summed E-state index contributed by atoms with van der Waals surface area (Å²) >= 11 is 0. The summed E-state index contributed by atoms with van der Waals surface area (Å²) in [5, 5.41) is 14.8. The van der Waals surface area contributed by atoms with Gasteiger partial charge < -0.3 is 20.1 Å². The summed E-state index contributed by atoms with van der Waals surface area (Å²) in [6, 6.07) is 20.7. The molecular weight excluding hydrogens is 437 g/mol. The Kier molecular flexibility index (Phi) is 8.36. The standard InChI is InChI=1S/C26H22FN3O4/c1-2-33-23-13-11-22(12-14-23)30-26(32)19(16-28)15-18-5-3-4-6-24(18)34-17-25(31)29-21-9-7-20(27)8-10-21/h3-15H,2,17H2,1H3,(H,29,31)(H,30,32). The van der Waals surface area contributed by atoms with Gasteiger partial charge in [-0.05, 0) is 67.6 Å². The van der Waals surface area contributed by atoms with Crippen LogP contribution >= 0.6 is 0 Å². The highest BCUT2D eigenvalue weighted by Gasteiger charge is 2.12. The van der Waals surface area contributed by atoms with Crippen molar-refractivity contribution in [2.75, 3.05) is 23.8 Å². The average molecular weight is 459 g/mol. The monoisotopic (exact) mass is 459 g/mol. The molecule has 8 heteroatoms. The van der Waals surface area contributed by atoms with Gasteiger partial charge in [0, 0.05) is 16.9 Å². The first-order valence-electron chi connectivity index (χ1n) is 10.4. The van der Waals surface area contributed by atoms with Gasteiger partial charge in [0.2, 0.25) is 0 Å². The summed E-state index contributed by atoms with van der Waals surface area (Å²) in [7, 11) is 0. The van der Waals surface area contributed by atoms with Gasteiger partial charge >= 0.3 is 0 Å². The zero-order valence-corrected chi connectivity index (χ0v) is 18.4. The lowest BCUT2D eigenvalue weighted by atomic mass is 10.1. The molecule has 0 unspecified atom stereocenters. The number of amides is 2. The number of carbonyl (C=O) groups excluding carboxylic acids is 2. The zero-order valence-electron chi connectivity index (χ0n) is 18.4. The molecule has 0 bridgehead atoms. The van der Waals surface area contributed by atoms with Crippen LogP contribution in [0.4, 0.5) is 15.8 Å². The van der Waals surface area contributed by atoms with Gasteiger partial charge in [0.05, 0.1) is 6.61 Å². The maximum atomic E-state index is 13.0. The van der Waals surface area contributed by atoms with E-state index in [-0.39, 0.29) is 12.2 Å². The molecule has 0 spiro atoms. The van der Waals surface area contributed by atoms with Crippen LogP contribution in [0.2, 0.25) is 0 Å². The molecule has 3 aromatic carbocycles. The van der Waals surface area contributed by atoms with Crippen LogP contribution in [0.25, 0.3) is 6.08 Å². The van der Waals surface area contributed by atoms with Gasteiger partial charge in [-0.1, -0.05) is 18.2 Å². The number of ether oxygens (including phenoxy) is 2. The van der Waals surface area contributed by atoms with Crippen LogP contribution in [0.1, 0.15) is 12.5 Å². The zero-order chi connectivity index (χ0) is 24.3. The Hall–Kier alpha value is -4.64. The van der Waals surface area contributed by atoms with Crippen molar-refractivity contribution < 1.29 is 23.5 Å². The highest BCUT2D eigenvalue weighted by molar-refractivity contribution is 6.09. The predicted octanol–water partition coefficient (Wildman–Crippen LogP) is 4.79. The number of nitrogens with one attached hydrogen (secondary N) is 2. The fourth-order valence-corrected chi connectivity index (χ4v) is 2.91. The topological polar surface area (TPSA) is 100 Å². The van der Waals surface area contributed by atoms with E-state index in [1.54, 1.807) is 48.5 Å². The maximum absolute atomic E-state index is 13.0. The molecule has 172 valence electrons. The number of nitrogens with zero attached hydrogens (tertiary/aromatic N) is 1. The van der Waals surface area contributed by atoms with E-state index in [1.807, 2.05) is 13.0 Å². The maximum Gasteiger partial charge on any atom is 0.266 e. The molecule has 2 N–H and O–H groups in total. The lowest BCUT2D eigenvalue weighted by Gasteiger charge is -2.10. The Bertz CT molecular complexity index is 1220. The van der Waals surface area contributed by atoms with Crippen molar-refractivity contribution in [3.05, 3.63) is 89.8 Å². The Morgan fingerprint density at radius 2 is 1.59 bits per heavy atom. The quantitative estimate of drug-likeness (QED) is 0.354. The van der Waals surface area contributed by atoms with E-state index < -0.39 is 17.6 Å². The summed E-state index contributed by atoms with van der Waals surface area (Å²) in [4.78, 5) is 24.8. The largest absolute Gasteiger partial charge is 0.494 e. The molecule has 0 radical (unpaired) electrons. The average Bonchev–Trinajstić information content (AvgIpc) is 2.84. The Balaban J connectivity index is 1.66. The number of para-hydroxylation sites is 1. The second kappa shape index (κ2) is 11.8. The fourth-order valence-electron chi connectivity index (χ4n) is 2.91. The number of anilines is 2. The van der Waals surface area contributed by atoms with Crippen molar-refractivity contribution in [1.82, 2.24) is 0 Å². The highest BCUT2D eigenvalue weighted by atomic mass is 19.1. The van der Waals surface area contributed by atoms with Gasteiger partial charge in [-0.3, -0.25) is 9.59 Å². The molecule has 34 heavy (non-hydrogen) atoms. The van der Waals surface area contributed by atoms with E-state index in [9.17, 15) is 19.2 Å². The first-order valence-corrected chi connectivity index (χ1v) is 10.4. The van der Waals surface area contributed by atoms with E-state index in [1.165, 1.54) is 30.3 Å². The molecule has 0 saturated heterocycles. The third-order valence-electron chi connectivity index (χ3n) is 4.49. The number of nitriles is 1. The molecule has 7 nitrogen and oxygen atoms in total. The third-order valence-corrected chi connectivity index (χ3v) is 4.49. The summed E-state index contributed by atoms with van der Waals surface area (Å²) < 4.78 is 24.0. The lowest BCUT2D eigenvalue weighted by Crippen LogP contribution is -2.20. The van der Waals surface area contributed by atoms with Gasteiger partial charge in [0.15, 0.2) is 6.61 Å². The number of carbonyl (C=O) groups is 2. The molecule has 3 aromatic rings. The molecule has 0 atom stereocenters. The number of rotatable bonds is 9. The Morgan fingerprint density at radius 3 is 2.26 bits per heavy atom. The van der Waals surface area contributed by atoms with Crippen LogP contribution in [-0.4, -0.2) is 25.0 Å². The van der Waals surface area contributed by atoms with Gasteiger partial charge in [-0.25, -0.2) is 4.39 Å². The molecule has 0 aliphatic carbocycles. The lowest BCUT2D eigenvalue weighted by molar-refractivity contribution is -0.118. The fraction of sp³-hybridized carbons (Fsp3) is 0.115. The van der Waals surface area contributed by atoms with E-state index in [4.69, 9.17) is 9.47 Å². The van der Waals surface area contributed by atoms with E-state index in [0.29, 0.717) is 35.0 Å². The summed E-state index contributed by atoms with van der Waals surface area (Å²) in [5.41, 5.74) is 1.26. The third kappa shape index (κ3) is 6.93. The van der Waals surface area contributed by atoms with Crippen molar-refractivity contribution in [3.8, 4) is 17.6 Å². The number of benzene rings is 3. The SMILES string of the molecule is CCOc1ccc(NC(=O)C(C#N)=Cc2ccccc2OCC(=O)Nc2ccc(F)cc2)cc1. The van der Waals surface area contributed by atoms with Crippen LogP contribution < -0.4 is 20.1 Å². The minimum Gasteiger partial charge on any atom is -0.494 e. The molecule has 0 aromatic heterocycles. The molecule has 0 fully saturated rings. The smallest absolute Gasteiger partial charge is 0.266 e. The summed E-state index contributed by atoms with van der Waals surface area (Å²) in [5.74, 6) is -0.450. The Labute approximate surface area is 196 Å². The first-order chi connectivity index (χ1) is 16.5. The molecule has 2 amide bonds. The van der Waals surface area contributed by atoms with Crippen molar-refractivity contribution in [3.63, 3.8) is 0 Å². The van der Waals surface area contributed by atoms with Crippen LogP contribution in [0, 0.1) is 17.1 Å². The van der Waals surface area contributed by atoms with Gasteiger partial charge in [0.1, 0.15) is 29.0 Å². The van der Waals surface area contributed by atoms with Gasteiger partial charge in [-0.15, -0.1) is 0 Å². The van der Waals surface area contributed by atoms with Crippen molar-refractivity contribution in [2.45, 2.75) is 6.92 Å². The molecular formula is C26H22FN3O4. The van der Waals surface area contributed by atoms with Crippen LogP contribution in [0.5, 0.6) is 11.5 Å². The molecule has 0 saturated carbocycles. The van der Waals surface area contributed by atoms with Crippen molar-refractivity contribution in [1.29, 1.82) is 5.26 Å².